The van der Waals surface area contributed by atoms with E-state index in [1.165, 1.54) is 29.1 Å². The minimum Gasteiger partial charge on any atom is -0.410 e. The van der Waals surface area contributed by atoms with Gasteiger partial charge in [-0.25, -0.2) is 4.79 Å². The molecule has 6 rings (SSSR count). The van der Waals surface area contributed by atoms with Crippen LogP contribution in [0.2, 0.25) is 0 Å². The van der Waals surface area contributed by atoms with E-state index < -0.39 is 11.6 Å². The van der Waals surface area contributed by atoms with Crippen LogP contribution in [0.4, 0.5) is 0 Å². The summed E-state index contributed by atoms with van der Waals surface area (Å²) in [6.45, 7) is 3.15. The summed E-state index contributed by atoms with van der Waals surface area (Å²) >= 11 is 3.20. The van der Waals surface area contributed by atoms with E-state index in [9.17, 15) is 9.90 Å². The maximum Gasteiger partial charge on any atom is 0.353 e. The van der Waals surface area contributed by atoms with E-state index in [-0.39, 0.29) is 6.23 Å². The minimum atomic E-state index is -1.77. The number of aryl methyl sites for hydroxylation is 1. The van der Waals surface area contributed by atoms with Crippen LogP contribution in [0, 0.1) is 5.92 Å². The first kappa shape index (κ1) is 21.8. The Labute approximate surface area is 197 Å². The summed E-state index contributed by atoms with van der Waals surface area (Å²) in [7, 11) is 0. The third-order valence-electron chi connectivity index (χ3n) is 7.33. The van der Waals surface area contributed by atoms with E-state index in [1.54, 1.807) is 12.1 Å². The molecule has 0 aliphatic carbocycles. The van der Waals surface area contributed by atoms with E-state index >= 15 is 0 Å². The Morgan fingerprint density at radius 2 is 1.78 bits per heavy atom. The lowest BCUT2D eigenvalue weighted by molar-refractivity contribution is -0.984. The van der Waals surface area contributed by atoms with Gasteiger partial charge in [-0.1, -0.05) is 42.5 Å². The lowest BCUT2D eigenvalue weighted by atomic mass is 9.84. The first-order valence-electron chi connectivity index (χ1n) is 11.5. The standard InChI is InChI=1S/C26H30NO3S2/c28-25(26(29,23-11-6-18-32-23)21-7-2-1-3-8-21)30-24-19-20-12-15-27(24,16-13-20)14-4-9-22-10-5-17-31-22/h1-3,5-8,10-11,17-18,20,24,29H,4,9,12-16,19H2/q+1. The van der Waals surface area contributed by atoms with Crippen molar-refractivity contribution in [3.63, 3.8) is 0 Å². The molecule has 3 aliphatic heterocycles. The van der Waals surface area contributed by atoms with Crippen molar-refractivity contribution in [3.05, 3.63) is 80.7 Å². The van der Waals surface area contributed by atoms with Crippen molar-refractivity contribution in [1.82, 2.24) is 0 Å². The molecule has 3 aliphatic rings. The van der Waals surface area contributed by atoms with Crippen molar-refractivity contribution >= 4 is 28.6 Å². The lowest BCUT2D eigenvalue weighted by Gasteiger charge is -2.53. The van der Waals surface area contributed by atoms with Gasteiger partial charge in [0.2, 0.25) is 11.8 Å². The van der Waals surface area contributed by atoms with Crippen LogP contribution in [0.1, 0.15) is 41.0 Å². The highest BCUT2D eigenvalue weighted by Gasteiger charge is 2.52. The molecule has 2 aromatic heterocycles. The van der Waals surface area contributed by atoms with E-state index in [1.807, 2.05) is 47.0 Å². The van der Waals surface area contributed by atoms with Crippen LogP contribution >= 0.6 is 22.7 Å². The monoisotopic (exact) mass is 468 g/mol. The number of esters is 1. The van der Waals surface area contributed by atoms with E-state index in [0.717, 1.165) is 43.4 Å². The van der Waals surface area contributed by atoms with Gasteiger partial charge in [0.1, 0.15) is 0 Å². The molecule has 168 valence electrons. The summed E-state index contributed by atoms with van der Waals surface area (Å²) in [5.74, 6) is 0.0797. The lowest BCUT2D eigenvalue weighted by Crippen LogP contribution is -2.66. The molecule has 0 spiro atoms. The third kappa shape index (κ3) is 4.05. The van der Waals surface area contributed by atoms with Gasteiger partial charge in [-0.15, -0.1) is 22.7 Å². The second-order valence-corrected chi connectivity index (χ2v) is 11.1. The van der Waals surface area contributed by atoms with Crippen molar-refractivity contribution in [2.75, 3.05) is 19.6 Å². The highest BCUT2D eigenvalue weighted by Crippen LogP contribution is 2.41. The maximum absolute atomic E-state index is 13.6. The van der Waals surface area contributed by atoms with Crippen LogP contribution in [0.5, 0.6) is 0 Å². The third-order valence-corrected chi connectivity index (χ3v) is 9.24. The molecule has 32 heavy (non-hydrogen) atoms. The predicted octanol–water partition coefficient (Wildman–Crippen LogP) is 5.18. The number of rotatable bonds is 8. The summed E-state index contributed by atoms with van der Waals surface area (Å²) < 4.78 is 7.10. The number of carbonyl (C=O) groups excluding carboxylic acids is 1. The molecule has 2 bridgehead atoms. The molecule has 0 amide bonds. The van der Waals surface area contributed by atoms with Crippen molar-refractivity contribution in [2.24, 2.45) is 5.92 Å². The van der Waals surface area contributed by atoms with E-state index in [2.05, 4.69) is 17.5 Å². The quantitative estimate of drug-likeness (QED) is 0.366. The van der Waals surface area contributed by atoms with Gasteiger partial charge >= 0.3 is 5.97 Å². The zero-order chi connectivity index (χ0) is 22.0. The number of thiophene rings is 2. The molecular formula is C26H30NO3S2+. The molecule has 3 fully saturated rings. The highest BCUT2D eigenvalue weighted by atomic mass is 32.1. The molecule has 1 aromatic carbocycles. The Bertz CT molecular complexity index is 1010. The van der Waals surface area contributed by atoms with Crippen LogP contribution in [-0.4, -0.2) is 41.4 Å². The summed E-state index contributed by atoms with van der Waals surface area (Å²) in [6, 6.07) is 17.2. The molecule has 2 atom stereocenters. The first-order valence-corrected chi connectivity index (χ1v) is 13.3. The number of fused-ring (bicyclic) bond motifs is 3. The number of piperidine rings is 3. The van der Waals surface area contributed by atoms with E-state index in [4.69, 9.17) is 4.74 Å². The minimum absolute atomic E-state index is 0.173. The Hall–Kier alpha value is -1.99. The second-order valence-electron chi connectivity index (χ2n) is 9.17. The van der Waals surface area contributed by atoms with Crippen LogP contribution in [0.3, 0.4) is 0 Å². The van der Waals surface area contributed by atoms with Crippen LogP contribution in [0.25, 0.3) is 0 Å². The summed E-state index contributed by atoms with van der Waals surface area (Å²) in [6.07, 6.45) is 5.31. The van der Waals surface area contributed by atoms with Gasteiger partial charge in [0.05, 0.1) is 24.5 Å². The predicted molar refractivity (Wildman–Crippen MR) is 128 cm³/mol. The molecule has 0 saturated carbocycles. The fourth-order valence-electron chi connectivity index (χ4n) is 5.45. The maximum atomic E-state index is 13.6. The summed E-state index contributed by atoms with van der Waals surface area (Å²) in [4.78, 5) is 15.7. The number of ether oxygens (including phenoxy) is 1. The Morgan fingerprint density at radius 3 is 2.47 bits per heavy atom. The Balaban J connectivity index is 1.37. The molecule has 1 N–H and O–H groups in total. The van der Waals surface area contributed by atoms with Crippen molar-refractivity contribution in [2.45, 2.75) is 43.9 Å². The topological polar surface area (TPSA) is 46.5 Å². The zero-order valence-corrected chi connectivity index (χ0v) is 19.8. The zero-order valence-electron chi connectivity index (χ0n) is 18.2. The average Bonchev–Trinajstić information content (AvgIpc) is 3.55. The van der Waals surface area contributed by atoms with Gasteiger partial charge in [-0.2, -0.15) is 0 Å². The number of nitrogens with zero attached hydrogens (tertiary/aromatic N) is 1. The molecule has 3 aromatic rings. The van der Waals surface area contributed by atoms with Gasteiger partial charge in [-0.3, -0.25) is 4.48 Å². The average molecular weight is 469 g/mol. The Morgan fingerprint density at radius 1 is 1.03 bits per heavy atom. The molecular weight excluding hydrogens is 438 g/mol. The highest BCUT2D eigenvalue weighted by molar-refractivity contribution is 7.10. The number of hydrogen-bond acceptors (Lipinski definition) is 5. The first-order chi connectivity index (χ1) is 15.6. The molecule has 0 radical (unpaired) electrons. The largest absolute Gasteiger partial charge is 0.410 e. The molecule has 3 saturated heterocycles. The Kier molecular flexibility index (Phi) is 6.21. The molecule has 4 nitrogen and oxygen atoms in total. The van der Waals surface area contributed by atoms with Gasteiger partial charge in [0.25, 0.3) is 0 Å². The fraction of sp³-hybridized carbons (Fsp3) is 0.423. The fourth-order valence-corrected chi connectivity index (χ4v) is 7.04. The van der Waals surface area contributed by atoms with Gasteiger partial charge < -0.3 is 9.84 Å². The summed E-state index contributed by atoms with van der Waals surface area (Å²) in [5.41, 5.74) is -1.21. The van der Waals surface area contributed by atoms with Gasteiger partial charge in [0.15, 0.2) is 0 Å². The summed E-state index contributed by atoms with van der Waals surface area (Å²) in [5, 5.41) is 15.8. The number of benzene rings is 1. The molecule has 5 heterocycles. The van der Waals surface area contributed by atoms with Gasteiger partial charge in [0, 0.05) is 36.1 Å². The molecule has 2 unspecified atom stereocenters. The second kappa shape index (κ2) is 9.10. The van der Waals surface area contributed by atoms with Gasteiger partial charge in [-0.05, 0) is 35.2 Å². The number of aliphatic hydroxyl groups is 1. The normalized spacial score (nSPS) is 26.5. The van der Waals surface area contributed by atoms with Crippen molar-refractivity contribution in [3.8, 4) is 0 Å². The van der Waals surface area contributed by atoms with Crippen molar-refractivity contribution in [1.29, 1.82) is 0 Å². The number of hydrogen-bond donors (Lipinski definition) is 1. The SMILES string of the molecule is O=C(OC1CC2CC[N+]1(CCCc1cccs1)CC2)C(O)(c1ccccc1)c1cccs1. The molecule has 6 heteroatoms. The number of carbonyl (C=O) groups is 1. The van der Waals surface area contributed by atoms with E-state index in [0.29, 0.717) is 16.4 Å². The van der Waals surface area contributed by atoms with Crippen LogP contribution in [-0.2, 0) is 21.6 Å². The number of quaternary nitrogens is 1. The van der Waals surface area contributed by atoms with Crippen LogP contribution in [0.15, 0.2) is 65.4 Å². The van der Waals surface area contributed by atoms with Crippen molar-refractivity contribution < 1.29 is 19.1 Å². The van der Waals surface area contributed by atoms with Crippen LogP contribution < -0.4 is 0 Å². The smallest absolute Gasteiger partial charge is 0.353 e.